The Morgan fingerprint density at radius 3 is 1.00 bits per heavy atom. The van der Waals surface area contributed by atoms with E-state index in [0.29, 0.717) is 11.1 Å². The second-order valence-electron chi connectivity index (χ2n) is 16.1. The minimum absolute atomic E-state index is 0.596. The zero-order valence-corrected chi connectivity index (χ0v) is 34.2. The number of benzene rings is 9. The lowest BCUT2D eigenvalue weighted by Crippen LogP contribution is -2.10. The van der Waals surface area contributed by atoms with Gasteiger partial charge in [0.25, 0.3) is 0 Å². The van der Waals surface area contributed by atoms with Crippen molar-refractivity contribution in [2.75, 3.05) is 16.9 Å². The van der Waals surface area contributed by atoms with E-state index in [1.165, 1.54) is 16.7 Å². The molecule has 0 unspecified atom stereocenters. The summed E-state index contributed by atoms with van der Waals surface area (Å²) in [4.78, 5) is 4.58. The molecule has 11 aromatic rings. The van der Waals surface area contributed by atoms with E-state index in [-0.39, 0.29) is 0 Å². The van der Waals surface area contributed by atoms with E-state index in [4.69, 9.17) is 4.74 Å². The fourth-order valence-electron chi connectivity index (χ4n) is 9.72. The van der Waals surface area contributed by atoms with Gasteiger partial charge in [-0.05, 0) is 126 Å². The highest BCUT2D eigenvalue weighted by molar-refractivity contribution is 6.42. The summed E-state index contributed by atoms with van der Waals surface area (Å²) in [6, 6.07) is 60.7. The van der Waals surface area contributed by atoms with Crippen molar-refractivity contribution in [3.63, 3.8) is 0 Å². The van der Waals surface area contributed by atoms with Gasteiger partial charge in [-0.15, -0.1) is 0 Å². The summed E-state index contributed by atoms with van der Waals surface area (Å²) in [6.07, 6.45) is 0. The average molecular weight is 783 g/mol. The predicted octanol–water partition coefficient (Wildman–Crippen LogP) is 15.1. The number of anilines is 6. The first-order valence-corrected chi connectivity index (χ1v) is 20.5. The lowest BCUT2D eigenvalue weighted by molar-refractivity contribution is 0.415. The van der Waals surface area contributed by atoms with Crippen molar-refractivity contribution < 1.29 is 4.74 Å². The number of nitriles is 2. The highest BCUT2D eigenvalue weighted by Gasteiger charge is 2.29. The average Bonchev–Trinajstić information content (AvgIpc) is 3.81. The molecular weight excluding hydrogens is 745 g/mol. The molecule has 11 rings (SSSR count). The first-order valence-electron chi connectivity index (χ1n) is 20.5. The molecular formula is C56H38N4O. The van der Waals surface area contributed by atoms with Crippen LogP contribution >= 0.6 is 0 Å². The van der Waals surface area contributed by atoms with Gasteiger partial charge >= 0.3 is 0 Å². The zero-order valence-electron chi connectivity index (χ0n) is 34.2. The molecule has 0 bridgehead atoms. The Labute approximate surface area is 353 Å². The number of hydrogen-bond acceptors (Lipinski definition) is 5. The van der Waals surface area contributed by atoms with E-state index in [1.807, 2.05) is 12.1 Å². The van der Waals surface area contributed by atoms with Gasteiger partial charge in [0.15, 0.2) is 0 Å². The summed E-state index contributed by atoms with van der Waals surface area (Å²) in [5.41, 5.74) is 10.9. The minimum atomic E-state index is 0.596. The normalized spacial score (nSPS) is 11.6. The fraction of sp³-hybridized carbons (Fsp3) is 0.0714. The first-order chi connectivity index (χ1) is 29.9. The standard InChI is InChI=1S/C56H38N4O/c1-33-11-17-36(18-12-33)59(37-19-13-34(2)14-20-37)49-29-27-45-51-41(49)7-5-9-43(51)53-47(31-57)56-46-28-30-50(42-8-6-10-44(52(42)46)54(56)48(32-58)55(45)53)60(38-21-15-35(3)16-22-38)39-23-25-40(61-4)26-24-39/h5-30H,1-4H3. The third-order valence-corrected chi connectivity index (χ3v) is 12.5. The molecule has 0 aromatic heterocycles. The number of fused-ring (bicyclic) bond motifs is 6. The van der Waals surface area contributed by atoms with E-state index in [1.54, 1.807) is 7.11 Å². The smallest absolute Gasteiger partial charge is 0.119 e. The molecule has 288 valence electrons. The van der Waals surface area contributed by atoms with Crippen LogP contribution in [0, 0.1) is 43.4 Å². The minimum Gasteiger partial charge on any atom is -0.497 e. The molecule has 0 amide bonds. The van der Waals surface area contributed by atoms with Crippen molar-refractivity contribution in [1.29, 1.82) is 10.5 Å². The van der Waals surface area contributed by atoms with Crippen LogP contribution in [-0.2, 0) is 0 Å². The molecule has 0 aliphatic heterocycles. The zero-order chi connectivity index (χ0) is 41.5. The Morgan fingerprint density at radius 1 is 0.361 bits per heavy atom. The van der Waals surface area contributed by atoms with Gasteiger partial charge in [0.2, 0.25) is 0 Å². The highest BCUT2D eigenvalue weighted by Crippen LogP contribution is 2.53. The maximum absolute atomic E-state index is 11.3. The molecule has 0 spiro atoms. The van der Waals surface area contributed by atoms with Crippen molar-refractivity contribution in [1.82, 2.24) is 0 Å². The van der Waals surface area contributed by atoms with Crippen LogP contribution in [0.15, 0.2) is 158 Å². The van der Waals surface area contributed by atoms with Gasteiger partial charge in [-0.3, -0.25) is 0 Å². The fourth-order valence-corrected chi connectivity index (χ4v) is 9.72. The summed E-state index contributed by atoms with van der Waals surface area (Å²) in [7, 11) is 1.68. The van der Waals surface area contributed by atoms with Gasteiger partial charge in [0.05, 0.1) is 29.6 Å². The van der Waals surface area contributed by atoms with Gasteiger partial charge in [0, 0.05) is 55.1 Å². The summed E-state index contributed by atoms with van der Waals surface area (Å²) < 4.78 is 5.53. The Bertz CT molecular complexity index is 3480. The van der Waals surface area contributed by atoms with E-state index < -0.39 is 0 Å². The lowest BCUT2D eigenvalue weighted by Gasteiger charge is -2.27. The van der Waals surface area contributed by atoms with Gasteiger partial charge in [-0.25, -0.2) is 0 Å². The third kappa shape index (κ3) is 5.31. The number of methoxy groups -OCH3 is 1. The van der Waals surface area contributed by atoms with Crippen molar-refractivity contribution in [3.8, 4) is 17.9 Å². The Morgan fingerprint density at radius 2 is 0.672 bits per heavy atom. The van der Waals surface area contributed by atoms with Crippen LogP contribution in [0.1, 0.15) is 27.8 Å². The quantitative estimate of drug-likeness (QED) is 0.161. The monoisotopic (exact) mass is 782 g/mol. The third-order valence-electron chi connectivity index (χ3n) is 12.5. The molecule has 0 saturated carbocycles. The lowest BCUT2D eigenvalue weighted by atomic mass is 9.94. The summed E-state index contributed by atoms with van der Waals surface area (Å²) >= 11 is 0. The molecule has 11 aromatic carbocycles. The first kappa shape index (κ1) is 36.0. The van der Waals surface area contributed by atoms with Gasteiger partial charge in [0.1, 0.15) is 17.9 Å². The van der Waals surface area contributed by atoms with Crippen LogP contribution in [0.25, 0.3) is 64.6 Å². The van der Waals surface area contributed by atoms with E-state index in [2.05, 4.69) is 188 Å². The Balaban J connectivity index is 1.21. The maximum Gasteiger partial charge on any atom is 0.119 e. The summed E-state index contributed by atoms with van der Waals surface area (Å²) in [5, 5.41) is 34.0. The molecule has 0 radical (unpaired) electrons. The molecule has 0 heterocycles. The molecule has 0 fully saturated rings. The molecule has 0 aliphatic carbocycles. The van der Waals surface area contributed by atoms with Crippen molar-refractivity contribution >= 4 is 98.8 Å². The second kappa shape index (κ2) is 13.7. The van der Waals surface area contributed by atoms with E-state index >= 15 is 0 Å². The second-order valence-corrected chi connectivity index (χ2v) is 16.1. The van der Waals surface area contributed by atoms with Crippen LogP contribution < -0.4 is 14.5 Å². The highest BCUT2D eigenvalue weighted by atomic mass is 16.5. The number of nitrogens with zero attached hydrogens (tertiary/aromatic N) is 4. The van der Waals surface area contributed by atoms with Crippen LogP contribution in [0.3, 0.4) is 0 Å². The van der Waals surface area contributed by atoms with Gasteiger partial charge < -0.3 is 14.5 Å². The summed E-state index contributed by atoms with van der Waals surface area (Å²) in [5.74, 6) is 0.785. The number of rotatable bonds is 7. The molecule has 0 atom stereocenters. The van der Waals surface area contributed by atoms with Crippen molar-refractivity contribution in [2.24, 2.45) is 0 Å². The van der Waals surface area contributed by atoms with E-state index in [0.717, 1.165) is 105 Å². The maximum atomic E-state index is 11.3. The summed E-state index contributed by atoms with van der Waals surface area (Å²) in [6.45, 7) is 6.30. The van der Waals surface area contributed by atoms with E-state index in [9.17, 15) is 10.5 Å². The SMILES string of the molecule is COc1ccc(N(c2ccc(C)cc2)c2ccc3c4c(C#N)c5c6cccc7c(N(c8ccc(C)cc8)c8ccc(C)cc8)ccc(c5c(C#N)c4c4cccc2c43)c76)cc1. The van der Waals surface area contributed by atoms with Crippen LogP contribution in [-0.4, -0.2) is 7.11 Å². The van der Waals surface area contributed by atoms with Crippen molar-refractivity contribution in [3.05, 3.63) is 186 Å². The van der Waals surface area contributed by atoms with Crippen LogP contribution in [0.2, 0.25) is 0 Å². The molecule has 0 saturated heterocycles. The molecule has 5 heteroatoms. The van der Waals surface area contributed by atoms with Crippen LogP contribution in [0.5, 0.6) is 5.75 Å². The largest absolute Gasteiger partial charge is 0.497 e. The number of aryl methyl sites for hydroxylation is 3. The Kier molecular flexibility index (Phi) is 8.11. The molecule has 0 aliphatic rings. The number of hydrogen-bond donors (Lipinski definition) is 0. The predicted molar refractivity (Wildman–Crippen MR) is 253 cm³/mol. The molecule has 0 N–H and O–H groups in total. The molecule has 5 nitrogen and oxygen atoms in total. The van der Waals surface area contributed by atoms with Crippen LogP contribution in [0.4, 0.5) is 34.1 Å². The molecule has 61 heavy (non-hydrogen) atoms. The Hall–Kier alpha value is -8.12. The van der Waals surface area contributed by atoms with Crippen molar-refractivity contribution in [2.45, 2.75) is 20.8 Å². The van der Waals surface area contributed by atoms with Gasteiger partial charge in [-0.1, -0.05) is 102 Å². The van der Waals surface area contributed by atoms with Gasteiger partial charge in [-0.2, -0.15) is 10.5 Å². The number of ether oxygens (including phenoxy) is 1. The topological polar surface area (TPSA) is 63.3 Å².